The molecule has 0 aliphatic rings. The fraction of sp³-hybridized carbons (Fsp3) is 0.0870. The van der Waals surface area contributed by atoms with Gasteiger partial charge in [0.05, 0.1) is 29.5 Å². The zero-order chi connectivity index (χ0) is 21.6. The lowest BCUT2D eigenvalue weighted by atomic mass is 10.2. The zero-order valence-corrected chi connectivity index (χ0v) is 19.5. The average molecular weight is 514 g/mol. The molecule has 3 aromatic carbocycles. The molecule has 1 heterocycles. The summed E-state index contributed by atoms with van der Waals surface area (Å²) in [5.74, 6) is -0.00520. The Labute approximate surface area is 197 Å². The van der Waals surface area contributed by atoms with E-state index in [1.807, 2.05) is 72.8 Å². The molecule has 0 fully saturated rings. The molecule has 0 aliphatic carbocycles. The maximum absolute atomic E-state index is 12.3. The van der Waals surface area contributed by atoms with Crippen LogP contribution in [0.2, 0.25) is 5.02 Å². The van der Waals surface area contributed by atoms with Crippen molar-refractivity contribution >= 4 is 62.4 Å². The van der Waals surface area contributed by atoms with E-state index in [0.29, 0.717) is 11.6 Å². The van der Waals surface area contributed by atoms with Crippen molar-refractivity contribution in [2.45, 2.75) is 11.7 Å². The third-order valence-electron chi connectivity index (χ3n) is 4.49. The Kier molecular flexibility index (Phi) is 7.06. The fourth-order valence-corrected chi connectivity index (χ4v) is 4.46. The van der Waals surface area contributed by atoms with Gasteiger partial charge >= 0.3 is 0 Å². The highest BCUT2D eigenvalue weighted by molar-refractivity contribution is 9.10. The van der Waals surface area contributed by atoms with Gasteiger partial charge in [-0.2, -0.15) is 5.10 Å². The van der Waals surface area contributed by atoms with Crippen molar-refractivity contribution in [3.8, 4) is 0 Å². The van der Waals surface area contributed by atoms with Crippen LogP contribution < -0.4 is 5.43 Å². The molecular formula is C23H18BrClN4OS. The lowest BCUT2D eigenvalue weighted by Crippen LogP contribution is -2.20. The predicted octanol–water partition coefficient (Wildman–Crippen LogP) is 5.74. The van der Waals surface area contributed by atoms with Crippen LogP contribution in [-0.2, 0) is 11.3 Å². The number of carbonyl (C=O) groups is 1. The van der Waals surface area contributed by atoms with Gasteiger partial charge in [0.1, 0.15) is 0 Å². The first-order valence-corrected chi connectivity index (χ1v) is 11.6. The second-order valence-electron chi connectivity index (χ2n) is 6.70. The number of amides is 1. The molecule has 4 rings (SSSR count). The first kappa shape index (κ1) is 21.6. The number of rotatable bonds is 7. The third-order valence-corrected chi connectivity index (χ3v) is 6.33. The highest BCUT2D eigenvalue weighted by Gasteiger charge is 2.14. The molecule has 156 valence electrons. The molecule has 0 saturated heterocycles. The molecule has 8 heteroatoms. The van der Waals surface area contributed by atoms with Crippen LogP contribution >= 0.6 is 39.3 Å². The summed E-state index contributed by atoms with van der Waals surface area (Å²) >= 11 is 11.1. The van der Waals surface area contributed by atoms with E-state index in [4.69, 9.17) is 16.6 Å². The summed E-state index contributed by atoms with van der Waals surface area (Å²) in [6.45, 7) is 0.575. The molecule has 1 aromatic heterocycles. The summed E-state index contributed by atoms with van der Waals surface area (Å²) < 4.78 is 3.04. The standard InChI is InChI=1S/C23H18BrClN4OS/c24-18-8-5-6-16(12-18)13-26-28-22(30)15-31-23-27-20-10-3-4-11-21(20)29(23)14-17-7-1-2-9-19(17)25/h1-13H,14-15H2,(H,28,30)/b26-13-. The lowest BCUT2D eigenvalue weighted by Gasteiger charge is -2.10. The van der Waals surface area contributed by atoms with E-state index < -0.39 is 0 Å². The minimum atomic E-state index is -0.201. The molecule has 0 aliphatic heterocycles. The summed E-state index contributed by atoms with van der Waals surface area (Å²) in [6.07, 6.45) is 1.61. The molecule has 5 nitrogen and oxygen atoms in total. The number of benzene rings is 3. The molecular weight excluding hydrogens is 496 g/mol. The molecule has 0 atom stereocenters. The largest absolute Gasteiger partial charge is 0.314 e. The molecule has 0 saturated carbocycles. The summed E-state index contributed by atoms with van der Waals surface area (Å²) in [5, 5.41) is 5.50. The van der Waals surface area contributed by atoms with E-state index in [0.717, 1.165) is 31.8 Å². The van der Waals surface area contributed by atoms with Gasteiger partial charge in [-0.25, -0.2) is 10.4 Å². The van der Waals surface area contributed by atoms with Crippen LogP contribution in [0.25, 0.3) is 11.0 Å². The molecule has 0 radical (unpaired) electrons. The van der Waals surface area contributed by atoms with E-state index >= 15 is 0 Å². The summed E-state index contributed by atoms with van der Waals surface area (Å²) in [4.78, 5) is 17.0. The van der Waals surface area contributed by atoms with Crippen molar-refractivity contribution in [2.24, 2.45) is 5.10 Å². The van der Waals surface area contributed by atoms with Crippen LogP contribution in [0.1, 0.15) is 11.1 Å². The molecule has 0 unspecified atom stereocenters. The fourth-order valence-electron chi connectivity index (χ4n) is 3.04. The van der Waals surface area contributed by atoms with Gasteiger partial charge in [0.2, 0.25) is 0 Å². The van der Waals surface area contributed by atoms with Gasteiger partial charge in [-0.05, 0) is 41.5 Å². The van der Waals surface area contributed by atoms with Gasteiger partial charge in [-0.1, -0.05) is 81.8 Å². The molecule has 0 spiro atoms. The summed E-state index contributed by atoms with van der Waals surface area (Å²) in [5.41, 5.74) is 6.34. The van der Waals surface area contributed by atoms with Gasteiger partial charge < -0.3 is 4.57 Å². The number of aromatic nitrogens is 2. The summed E-state index contributed by atoms with van der Waals surface area (Å²) in [7, 11) is 0. The number of nitrogens with one attached hydrogen (secondary N) is 1. The Morgan fingerprint density at radius 2 is 1.94 bits per heavy atom. The van der Waals surface area contributed by atoms with Crippen molar-refractivity contribution in [2.75, 3.05) is 5.75 Å². The quantitative estimate of drug-likeness (QED) is 0.195. The number of imidazole rings is 1. The van der Waals surface area contributed by atoms with Crippen LogP contribution in [0.5, 0.6) is 0 Å². The van der Waals surface area contributed by atoms with Crippen molar-refractivity contribution in [1.29, 1.82) is 0 Å². The second kappa shape index (κ2) is 10.1. The van der Waals surface area contributed by atoms with E-state index in [-0.39, 0.29) is 11.7 Å². The van der Waals surface area contributed by atoms with E-state index in [9.17, 15) is 4.79 Å². The zero-order valence-electron chi connectivity index (χ0n) is 16.3. The van der Waals surface area contributed by atoms with Crippen molar-refractivity contribution in [3.05, 3.63) is 93.4 Å². The van der Waals surface area contributed by atoms with Gasteiger partial charge in [-0.3, -0.25) is 4.79 Å². The Morgan fingerprint density at radius 3 is 2.77 bits per heavy atom. The smallest absolute Gasteiger partial charge is 0.250 e. The van der Waals surface area contributed by atoms with Crippen LogP contribution in [-0.4, -0.2) is 27.4 Å². The Balaban J connectivity index is 1.46. The van der Waals surface area contributed by atoms with Crippen LogP contribution in [0.4, 0.5) is 0 Å². The first-order chi connectivity index (χ1) is 15.1. The van der Waals surface area contributed by atoms with E-state index in [1.165, 1.54) is 11.8 Å². The number of fused-ring (bicyclic) bond motifs is 1. The van der Waals surface area contributed by atoms with Crippen molar-refractivity contribution < 1.29 is 4.79 Å². The predicted molar refractivity (Wildman–Crippen MR) is 131 cm³/mol. The number of carbonyl (C=O) groups excluding carboxylic acids is 1. The number of hydrogen-bond donors (Lipinski definition) is 1. The molecule has 0 bridgehead atoms. The Morgan fingerprint density at radius 1 is 1.13 bits per heavy atom. The summed E-state index contributed by atoms with van der Waals surface area (Å²) in [6, 6.07) is 23.3. The number of para-hydroxylation sites is 2. The SMILES string of the molecule is O=C(CSc1nc2ccccc2n1Cc1ccccc1Cl)N/N=C\c1cccc(Br)c1. The topological polar surface area (TPSA) is 59.3 Å². The highest BCUT2D eigenvalue weighted by atomic mass is 79.9. The van der Waals surface area contributed by atoms with Gasteiger partial charge in [0.25, 0.3) is 5.91 Å². The van der Waals surface area contributed by atoms with Crippen molar-refractivity contribution in [1.82, 2.24) is 15.0 Å². The monoisotopic (exact) mass is 512 g/mol. The number of thioether (sulfide) groups is 1. The number of halogens is 2. The van der Waals surface area contributed by atoms with Crippen LogP contribution in [0, 0.1) is 0 Å². The molecule has 4 aromatic rings. The lowest BCUT2D eigenvalue weighted by molar-refractivity contribution is -0.118. The van der Waals surface area contributed by atoms with Crippen LogP contribution in [0.15, 0.2) is 87.5 Å². The number of hydrazone groups is 1. The van der Waals surface area contributed by atoms with Gasteiger partial charge in [0, 0.05) is 9.50 Å². The first-order valence-electron chi connectivity index (χ1n) is 9.49. The molecule has 1 amide bonds. The maximum Gasteiger partial charge on any atom is 0.250 e. The van der Waals surface area contributed by atoms with E-state index in [1.54, 1.807) is 6.21 Å². The second-order valence-corrected chi connectivity index (χ2v) is 8.96. The minimum absolute atomic E-state index is 0.196. The average Bonchev–Trinajstić information content (AvgIpc) is 3.11. The van der Waals surface area contributed by atoms with Gasteiger partial charge in [0.15, 0.2) is 5.16 Å². The minimum Gasteiger partial charge on any atom is -0.314 e. The number of hydrogen-bond acceptors (Lipinski definition) is 4. The van der Waals surface area contributed by atoms with E-state index in [2.05, 4.69) is 31.0 Å². The third kappa shape index (κ3) is 5.55. The van der Waals surface area contributed by atoms with Gasteiger partial charge in [-0.15, -0.1) is 0 Å². The maximum atomic E-state index is 12.3. The van der Waals surface area contributed by atoms with Crippen molar-refractivity contribution in [3.63, 3.8) is 0 Å². The molecule has 31 heavy (non-hydrogen) atoms. The highest BCUT2D eigenvalue weighted by Crippen LogP contribution is 2.27. The normalized spacial score (nSPS) is 11.3. The Bertz CT molecular complexity index is 1260. The van der Waals surface area contributed by atoms with Crippen LogP contribution in [0.3, 0.4) is 0 Å². The number of nitrogens with zero attached hydrogens (tertiary/aromatic N) is 3. The molecule has 1 N–H and O–H groups in total. The Hall–Kier alpha value is -2.61.